The Morgan fingerprint density at radius 3 is 1.59 bits per heavy atom. The summed E-state index contributed by atoms with van der Waals surface area (Å²) < 4.78 is 0. The van der Waals surface area contributed by atoms with E-state index in [2.05, 4.69) is 12.2 Å². The highest BCUT2D eigenvalue weighted by atomic mass is 16.4. The van der Waals surface area contributed by atoms with Crippen LogP contribution in [0, 0.1) is 0 Å². The molecule has 0 aromatic carbocycles. The molecule has 0 aliphatic rings. The number of carbonyl (C=O) groups is 2. The molecule has 0 amide bonds. The van der Waals surface area contributed by atoms with Crippen LogP contribution >= 0.6 is 0 Å². The summed E-state index contributed by atoms with van der Waals surface area (Å²) in [6.07, 6.45) is 15.6. The van der Waals surface area contributed by atoms with Gasteiger partial charge in [0.1, 0.15) is 12.3 Å². The lowest BCUT2D eigenvalue weighted by atomic mass is 10.0. The number of hydrogen-bond acceptors (Lipinski definition) is 4. The van der Waals surface area contributed by atoms with Crippen molar-refractivity contribution < 1.29 is 24.9 Å². The van der Waals surface area contributed by atoms with Gasteiger partial charge in [0.25, 0.3) is 0 Å². The molecule has 0 heterocycles. The summed E-state index contributed by atoms with van der Waals surface area (Å²) >= 11 is 0. The fourth-order valence-electron chi connectivity index (χ4n) is 3.22. The Bertz CT molecular complexity index is 376. The predicted molar refractivity (Wildman–Crippen MR) is 108 cm³/mol. The summed E-state index contributed by atoms with van der Waals surface area (Å²) in [5, 5.41) is 30.2. The molecule has 0 rings (SSSR count). The van der Waals surface area contributed by atoms with Gasteiger partial charge in [-0.3, -0.25) is 14.9 Å². The van der Waals surface area contributed by atoms with E-state index in [-0.39, 0.29) is 12.8 Å². The lowest BCUT2D eigenvalue weighted by molar-refractivity contribution is -0.141. The van der Waals surface area contributed by atoms with Crippen molar-refractivity contribution in [3.05, 3.63) is 0 Å². The first-order valence-corrected chi connectivity index (χ1v) is 10.9. The van der Waals surface area contributed by atoms with Gasteiger partial charge in [0.2, 0.25) is 0 Å². The van der Waals surface area contributed by atoms with Crippen LogP contribution in [0.1, 0.15) is 110 Å². The molecule has 0 aromatic rings. The van der Waals surface area contributed by atoms with Crippen molar-refractivity contribution in [1.82, 2.24) is 5.32 Å². The Morgan fingerprint density at radius 2 is 1.19 bits per heavy atom. The van der Waals surface area contributed by atoms with E-state index >= 15 is 0 Å². The van der Waals surface area contributed by atoms with Gasteiger partial charge < -0.3 is 15.3 Å². The molecule has 0 aliphatic heterocycles. The lowest BCUT2D eigenvalue weighted by Crippen LogP contribution is -2.43. The van der Waals surface area contributed by atoms with E-state index in [1.807, 2.05) is 0 Å². The van der Waals surface area contributed by atoms with Gasteiger partial charge in [-0.15, -0.1) is 0 Å². The number of carboxylic acid groups (broad SMARTS) is 2. The molecule has 6 heteroatoms. The predicted octanol–water partition coefficient (Wildman–Crippen LogP) is 4.69. The molecule has 0 fully saturated rings. The van der Waals surface area contributed by atoms with Crippen LogP contribution in [-0.4, -0.2) is 39.5 Å². The molecule has 0 aliphatic carbocycles. The zero-order valence-corrected chi connectivity index (χ0v) is 17.1. The summed E-state index contributed by atoms with van der Waals surface area (Å²) in [5.74, 6) is -2.16. The van der Waals surface area contributed by atoms with Crippen molar-refractivity contribution in [1.29, 1.82) is 0 Å². The third-order valence-electron chi connectivity index (χ3n) is 4.92. The fourth-order valence-corrected chi connectivity index (χ4v) is 3.22. The van der Waals surface area contributed by atoms with Crippen molar-refractivity contribution in [2.24, 2.45) is 0 Å². The quantitative estimate of drug-likeness (QED) is 0.178. The number of nitrogens with one attached hydrogen (secondary N) is 1. The summed E-state index contributed by atoms with van der Waals surface area (Å²) in [6.45, 7) is 2.24. The van der Waals surface area contributed by atoms with Gasteiger partial charge in [-0.25, -0.2) is 0 Å². The maximum absolute atomic E-state index is 11.1. The molecule has 2 atom stereocenters. The van der Waals surface area contributed by atoms with E-state index < -0.39 is 24.2 Å². The number of carboxylic acids is 2. The van der Waals surface area contributed by atoms with Crippen molar-refractivity contribution in [2.75, 3.05) is 0 Å². The van der Waals surface area contributed by atoms with Crippen molar-refractivity contribution >= 4 is 11.9 Å². The smallest absolute Gasteiger partial charge is 0.320 e. The molecule has 1 unspecified atom stereocenters. The SMILES string of the molecule is CCCCCCCCCCCCCCCC(O)N[C@@H](CCC(=O)O)C(=O)O. The van der Waals surface area contributed by atoms with E-state index in [4.69, 9.17) is 10.2 Å². The van der Waals surface area contributed by atoms with Gasteiger partial charge in [0.05, 0.1) is 0 Å². The number of aliphatic hydroxyl groups excluding tert-OH is 1. The first-order chi connectivity index (χ1) is 13.0. The largest absolute Gasteiger partial charge is 0.481 e. The molecule has 0 aromatic heterocycles. The maximum atomic E-state index is 11.1. The Kier molecular flexibility index (Phi) is 17.5. The minimum Gasteiger partial charge on any atom is -0.481 e. The summed E-state index contributed by atoms with van der Waals surface area (Å²) in [7, 11) is 0. The van der Waals surface area contributed by atoms with Crippen molar-refractivity contribution in [3.8, 4) is 0 Å². The minimum atomic E-state index is -1.12. The topological polar surface area (TPSA) is 107 Å². The van der Waals surface area contributed by atoms with Crippen LogP contribution in [0.4, 0.5) is 0 Å². The van der Waals surface area contributed by atoms with Gasteiger partial charge in [-0.05, 0) is 19.3 Å². The molecule has 0 spiro atoms. The minimum absolute atomic E-state index is 0.0274. The van der Waals surface area contributed by atoms with Crippen LogP contribution in [0.2, 0.25) is 0 Å². The number of hydrogen-bond donors (Lipinski definition) is 4. The number of rotatable bonds is 20. The van der Waals surface area contributed by atoms with Crippen LogP contribution in [0.3, 0.4) is 0 Å². The number of aliphatic carboxylic acids is 2. The van der Waals surface area contributed by atoms with Crippen LogP contribution in [0.25, 0.3) is 0 Å². The van der Waals surface area contributed by atoms with E-state index in [0.717, 1.165) is 19.3 Å². The van der Waals surface area contributed by atoms with Crippen LogP contribution in [0.5, 0.6) is 0 Å². The Morgan fingerprint density at radius 1 is 0.741 bits per heavy atom. The number of aliphatic hydroxyl groups is 1. The van der Waals surface area contributed by atoms with Crippen molar-refractivity contribution in [3.63, 3.8) is 0 Å². The van der Waals surface area contributed by atoms with E-state index in [1.54, 1.807) is 0 Å². The summed E-state index contributed by atoms with van der Waals surface area (Å²) in [4.78, 5) is 21.6. The standard InChI is InChI=1S/C21H41NO5/c1-2-3-4-5-6-7-8-9-10-11-12-13-14-15-19(23)22-18(21(26)27)16-17-20(24)25/h18-19,22-23H,2-17H2,1H3,(H,24,25)(H,26,27)/t18-,19?/m0/s1. The van der Waals surface area contributed by atoms with Gasteiger partial charge in [0, 0.05) is 6.42 Å². The summed E-state index contributed by atoms with van der Waals surface area (Å²) in [6, 6.07) is -1.02. The third kappa shape index (κ3) is 18.0. The molecule has 0 radical (unpaired) electrons. The van der Waals surface area contributed by atoms with Gasteiger partial charge in [-0.2, -0.15) is 0 Å². The fraction of sp³-hybridized carbons (Fsp3) is 0.905. The van der Waals surface area contributed by atoms with Crippen molar-refractivity contribution in [2.45, 2.75) is 122 Å². The van der Waals surface area contributed by atoms with Gasteiger partial charge in [0.15, 0.2) is 0 Å². The second kappa shape index (κ2) is 18.2. The zero-order chi connectivity index (χ0) is 20.3. The second-order valence-corrected chi connectivity index (χ2v) is 7.54. The molecule has 0 bridgehead atoms. The van der Waals surface area contributed by atoms with Crippen LogP contribution in [-0.2, 0) is 9.59 Å². The molecular formula is C21H41NO5. The molecule has 4 N–H and O–H groups in total. The summed E-state index contributed by atoms with van der Waals surface area (Å²) in [5.41, 5.74) is 0. The van der Waals surface area contributed by atoms with Crippen LogP contribution in [0.15, 0.2) is 0 Å². The Balaban J connectivity index is 3.50. The molecular weight excluding hydrogens is 346 g/mol. The van der Waals surface area contributed by atoms with E-state index in [0.29, 0.717) is 6.42 Å². The highest BCUT2D eigenvalue weighted by Gasteiger charge is 2.20. The second-order valence-electron chi connectivity index (χ2n) is 7.54. The van der Waals surface area contributed by atoms with Gasteiger partial charge in [-0.1, -0.05) is 84.0 Å². The highest BCUT2D eigenvalue weighted by Crippen LogP contribution is 2.13. The van der Waals surface area contributed by atoms with Gasteiger partial charge >= 0.3 is 11.9 Å². The molecule has 0 saturated carbocycles. The normalized spacial score (nSPS) is 13.4. The first-order valence-electron chi connectivity index (χ1n) is 10.9. The molecule has 0 saturated heterocycles. The highest BCUT2D eigenvalue weighted by molar-refractivity contribution is 5.75. The third-order valence-corrected chi connectivity index (χ3v) is 4.92. The maximum Gasteiger partial charge on any atom is 0.320 e. The van der Waals surface area contributed by atoms with E-state index in [9.17, 15) is 14.7 Å². The van der Waals surface area contributed by atoms with Crippen LogP contribution < -0.4 is 5.32 Å². The first kappa shape index (κ1) is 25.9. The lowest BCUT2D eigenvalue weighted by Gasteiger charge is -2.18. The van der Waals surface area contributed by atoms with E-state index in [1.165, 1.54) is 64.2 Å². The monoisotopic (exact) mass is 387 g/mol. The molecule has 160 valence electrons. The average Bonchev–Trinajstić information content (AvgIpc) is 2.62. The average molecular weight is 388 g/mol. The molecule has 27 heavy (non-hydrogen) atoms. The Hall–Kier alpha value is -1.14. The number of unbranched alkanes of at least 4 members (excludes halogenated alkanes) is 12. The molecule has 6 nitrogen and oxygen atoms in total. The Labute approximate surface area is 164 Å². The zero-order valence-electron chi connectivity index (χ0n) is 17.1.